The second-order valence-electron chi connectivity index (χ2n) is 8.49. The number of carbonyl (C=O) groups is 3. The summed E-state index contributed by atoms with van der Waals surface area (Å²) in [4.78, 5) is 40.3. The largest absolute Gasteiger partial charge is 0.368 e. The summed E-state index contributed by atoms with van der Waals surface area (Å²) in [6.07, 6.45) is 2.60. The minimum absolute atomic E-state index is 0.180. The first-order valence-corrected chi connectivity index (χ1v) is 10.3. The second-order valence-corrected chi connectivity index (χ2v) is 8.49. The number of nitrogens with one attached hydrogen (secondary N) is 3. The topological polar surface area (TPSA) is 143 Å². The minimum Gasteiger partial charge on any atom is -0.368 e. The average Bonchev–Trinajstić information content (AvgIpc) is 3.07. The number of rotatable bonds is 10. The van der Waals surface area contributed by atoms with Gasteiger partial charge in [0.25, 0.3) is 0 Å². The van der Waals surface area contributed by atoms with E-state index in [-0.39, 0.29) is 11.8 Å². The van der Waals surface area contributed by atoms with Crippen molar-refractivity contribution in [1.82, 2.24) is 15.6 Å². The Morgan fingerprint density at radius 3 is 2.30 bits per heavy atom. The average molecular weight is 416 g/mol. The number of benzene rings is 1. The van der Waals surface area contributed by atoms with E-state index in [0.717, 1.165) is 16.5 Å². The van der Waals surface area contributed by atoms with E-state index in [0.29, 0.717) is 12.8 Å². The fraction of sp³-hybridized carbons (Fsp3) is 0.500. The Kier molecular flexibility index (Phi) is 8.00. The Labute approximate surface area is 177 Å². The molecule has 164 valence electrons. The molecule has 0 saturated carbocycles. The number of aromatic nitrogens is 1. The van der Waals surface area contributed by atoms with E-state index in [9.17, 15) is 14.4 Å². The van der Waals surface area contributed by atoms with Crippen LogP contribution in [0.5, 0.6) is 0 Å². The molecule has 2 rings (SSSR count). The van der Waals surface area contributed by atoms with Crippen LogP contribution in [0, 0.1) is 11.8 Å². The van der Waals surface area contributed by atoms with Gasteiger partial charge in [0.2, 0.25) is 17.7 Å². The molecule has 0 radical (unpaired) electrons. The van der Waals surface area contributed by atoms with E-state index < -0.39 is 35.8 Å². The van der Waals surface area contributed by atoms with E-state index in [1.807, 2.05) is 58.2 Å². The summed E-state index contributed by atoms with van der Waals surface area (Å²) in [6, 6.07) is 5.36. The monoisotopic (exact) mass is 415 g/mol. The summed E-state index contributed by atoms with van der Waals surface area (Å²) in [7, 11) is 0. The summed E-state index contributed by atoms with van der Waals surface area (Å²) < 4.78 is 0. The molecule has 1 aromatic carbocycles. The zero-order valence-electron chi connectivity index (χ0n) is 18.1. The highest BCUT2D eigenvalue weighted by Gasteiger charge is 2.29. The summed E-state index contributed by atoms with van der Waals surface area (Å²) in [6.45, 7) is 7.51. The van der Waals surface area contributed by atoms with Gasteiger partial charge >= 0.3 is 0 Å². The molecule has 0 bridgehead atoms. The van der Waals surface area contributed by atoms with E-state index in [2.05, 4.69) is 15.6 Å². The van der Waals surface area contributed by atoms with Crippen LogP contribution in [-0.4, -0.2) is 40.8 Å². The fourth-order valence-electron chi connectivity index (χ4n) is 3.40. The summed E-state index contributed by atoms with van der Waals surface area (Å²) >= 11 is 0. The van der Waals surface area contributed by atoms with Gasteiger partial charge in [-0.3, -0.25) is 14.4 Å². The van der Waals surface area contributed by atoms with Crippen LogP contribution in [0.3, 0.4) is 0 Å². The van der Waals surface area contributed by atoms with Crippen molar-refractivity contribution in [1.29, 1.82) is 0 Å². The molecule has 8 nitrogen and oxygen atoms in total. The van der Waals surface area contributed by atoms with Gasteiger partial charge in [0.15, 0.2) is 0 Å². The smallest absolute Gasteiger partial charge is 0.243 e. The Morgan fingerprint density at radius 2 is 1.70 bits per heavy atom. The fourth-order valence-corrected chi connectivity index (χ4v) is 3.40. The van der Waals surface area contributed by atoms with E-state index in [1.54, 1.807) is 0 Å². The van der Waals surface area contributed by atoms with Gasteiger partial charge in [0.1, 0.15) is 12.1 Å². The summed E-state index contributed by atoms with van der Waals surface area (Å²) in [5.41, 5.74) is 13.5. The standard InChI is InChI=1S/C22H33N5O3/c1-12(2)9-18(20(24)28)26-22(30)19(13(3)4)27-21(29)16(23)10-14-11-25-17-8-6-5-7-15(14)17/h5-8,11-13,16,18-19,25H,9-10,23H2,1-4H3,(H2,24,28)(H,26,30)(H,27,29)/t16-,18-,19-/m0/s1. The molecule has 3 atom stereocenters. The molecule has 1 aromatic heterocycles. The maximum atomic E-state index is 12.8. The normalized spacial score (nSPS) is 14.5. The lowest BCUT2D eigenvalue weighted by atomic mass is 9.99. The molecule has 1 heterocycles. The number of primary amides is 1. The van der Waals surface area contributed by atoms with Crippen LogP contribution in [0.1, 0.15) is 39.7 Å². The predicted molar refractivity (Wildman–Crippen MR) is 117 cm³/mol. The van der Waals surface area contributed by atoms with Crippen molar-refractivity contribution in [2.24, 2.45) is 23.3 Å². The zero-order chi connectivity index (χ0) is 22.4. The number of para-hydroxylation sites is 1. The van der Waals surface area contributed by atoms with Gasteiger partial charge in [0.05, 0.1) is 6.04 Å². The highest BCUT2D eigenvalue weighted by molar-refractivity contribution is 5.93. The van der Waals surface area contributed by atoms with Gasteiger partial charge in [-0.25, -0.2) is 0 Å². The van der Waals surface area contributed by atoms with Gasteiger partial charge in [-0.2, -0.15) is 0 Å². The molecular formula is C22H33N5O3. The van der Waals surface area contributed by atoms with Crippen LogP contribution in [0.2, 0.25) is 0 Å². The Hall–Kier alpha value is -2.87. The molecule has 0 spiro atoms. The van der Waals surface area contributed by atoms with Gasteiger partial charge in [-0.05, 0) is 36.3 Å². The Morgan fingerprint density at radius 1 is 1.03 bits per heavy atom. The predicted octanol–water partition coefficient (Wildman–Crippen LogP) is 1.19. The number of aromatic amines is 1. The van der Waals surface area contributed by atoms with Crippen LogP contribution in [0.25, 0.3) is 10.9 Å². The number of amides is 3. The molecule has 30 heavy (non-hydrogen) atoms. The van der Waals surface area contributed by atoms with Crippen molar-refractivity contribution in [2.45, 2.75) is 58.7 Å². The molecule has 0 aliphatic carbocycles. The van der Waals surface area contributed by atoms with Crippen LogP contribution >= 0.6 is 0 Å². The third kappa shape index (κ3) is 6.06. The Bertz CT molecular complexity index is 890. The molecule has 0 saturated heterocycles. The van der Waals surface area contributed by atoms with Crippen molar-refractivity contribution in [2.75, 3.05) is 0 Å². The number of hydrogen-bond donors (Lipinski definition) is 5. The zero-order valence-corrected chi connectivity index (χ0v) is 18.1. The first-order valence-electron chi connectivity index (χ1n) is 10.3. The molecule has 2 aromatic rings. The lowest BCUT2D eigenvalue weighted by Gasteiger charge is -2.26. The molecule has 0 aliphatic rings. The maximum Gasteiger partial charge on any atom is 0.243 e. The first kappa shape index (κ1) is 23.4. The second kappa shape index (κ2) is 10.2. The lowest BCUT2D eigenvalue weighted by Crippen LogP contribution is -2.57. The molecule has 3 amide bonds. The molecule has 8 heteroatoms. The molecule has 0 aliphatic heterocycles. The van der Waals surface area contributed by atoms with Crippen LogP contribution in [-0.2, 0) is 20.8 Å². The third-order valence-corrected chi connectivity index (χ3v) is 5.07. The molecule has 0 unspecified atom stereocenters. The van der Waals surface area contributed by atoms with Crippen molar-refractivity contribution in [3.8, 4) is 0 Å². The van der Waals surface area contributed by atoms with Crippen molar-refractivity contribution in [3.63, 3.8) is 0 Å². The Balaban J connectivity index is 2.04. The third-order valence-electron chi connectivity index (χ3n) is 5.07. The number of carbonyl (C=O) groups excluding carboxylic acids is 3. The van der Waals surface area contributed by atoms with Crippen molar-refractivity contribution >= 4 is 28.6 Å². The van der Waals surface area contributed by atoms with Gasteiger partial charge in [0, 0.05) is 17.1 Å². The molecule has 7 N–H and O–H groups in total. The highest BCUT2D eigenvalue weighted by atomic mass is 16.2. The van der Waals surface area contributed by atoms with E-state index in [1.165, 1.54) is 0 Å². The van der Waals surface area contributed by atoms with Crippen LogP contribution in [0.4, 0.5) is 0 Å². The highest BCUT2D eigenvalue weighted by Crippen LogP contribution is 2.19. The minimum atomic E-state index is -0.819. The van der Waals surface area contributed by atoms with Crippen molar-refractivity contribution < 1.29 is 14.4 Å². The SMILES string of the molecule is CC(C)C[C@H](NC(=O)[C@@H](NC(=O)[C@@H](N)Cc1c[nH]c2ccccc12)C(C)C)C(N)=O. The summed E-state index contributed by atoms with van der Waals surface area (Å²) in [5, 5.41) is 6.42. The van der Waals surface area contributed by atoms with Gasteiger partial charge in [-0.15, -0.1) is 0 Å². The molecular weight excluding hydrogens is 382 g/mol. The lowest BCUT2D eigenvalue weighted by molar-refractivity contribution is -0.132. The van der Waals surface area contributed by atoms with E-state index in [4.69, 9.17) is 11.5 Å². The van der Waals surface area contributed by atoms with Crippen LogP contribution < -0.4 is 22.1 Å². The summed E-state index contributed by atoms with van der Waals surface area (Å²) in [5.74, 6) is -1.47. The van der Waals surface area contributed by atoms with Crippen molar-refractivity contribution in [3.05, 3.63) is 36.0 Å². The number of fused-ring (bicyclic) bond motifs is 1. The van der Waals surface area contributed by atoms with Crippen LogP contribution in [0.15, 0.2) is 30.5 Å². The van der Waals surface area contributed by atoms with Gasteiger partial charge in [-0.1, -0.05) is 45.9 Å². The number of nitrogens with two attached hydrogens (primary N) is 2. The maximum absolute atomic E-state index is 12.8. The quantitative estimate of drug-likeness (QED) is 0.397. The first-order chi connectivity index (χ1) is 14.1. The number of hydrogen-bond acceptors (Lipinski definition) is 4. The van der Waals surface area contributed by atoms with Gasteiger partial charge < -0.3 is 27.1 Å². The van der Waals surface area contributed by atoms with E-state index >= 15 is 0 Å². The number of H-pyrrole nitrogens is 1. The molecule has 0 fully saturated rings.